The average molecular weight is 488 g/mol. The molecular weight excluding hydrogens is 474 g/mol. The molecule has 4 aromatic rings. The molecule has 140 valence electrons. The van der Waals surface area contributed by atoms with E-state index in [1.165, 1.54) is 18.5 Å². The van der Waals surface area contributed by atoms with Crippen LogP contribution in [0.15, 0.2) is 47.5 Å². The highest BCUT2D eigenvalue weighted by Gasteiger charge is 2.37. The molecule has 3 heterocycles. The SMILES string of the molecule is Cn1ncnc1[C@@H]1c2n[nH]c(=O)c3cc(F)cc(c23)N[C@H]1c1ccc(I)cc1. The third-order valence-corrected chi connectivity index (χ3v) is 5.79. The first-order chi connectivity index (χ1) is 13.5. The number of aryl methyl sites for hydroxylation is 1. The van der Waals surface area contributed by atoms with Crippen LogP contribution in [0.2, 0.25) is 0 Å². The van der Waals surface area contributed by atoms with Crippen LogP contribution in [0.1, 0.15) is 29.0 Å². The van der Waals surface area contributed by atoms with Crippen molar-refractivity contribution in [1.29, 1.82) is 0 Å². The zero-order valence-electron chi connectivity index (χ0n) is 14.6. The molecule has 9 heteroatoms. The number of hydrogen-bond acceptors (Lipinski definition) is 5. The Balaban J connectivity index is 1.82. The number of hydrogen-bond donors (Lipinski definition) is 2. The lowest BCUT2D eigenvalue weighted by molar-refractivity contribution is 0.564. The van der Waals surface area contributed by atoms with E-state index in [2.05, 4.69) is 48.2 Å². The highest BCUT2D eigenvalue weighted by atomic mass is 127. The van der Waals surface area contributed by atoms with E-state index in [1.54, 1.807) is 4.68 Å². The van der Waals surface area contributed by atoms with Gasteiger partial charge in [0.2, 0.25) is 0 Å². The van der Waals surface area contributed by atoms with Crippen LogP contribution in [-0.2, 0) is 7.05 Å². The van der Waals surface area contributed by atoms with Crippen molar-refractivity contribution < 1.29 is 4.39 Å². The maximum absolute atomic E-state index is 14.2. The number of rotatable bonds is 2. The standard InChI is InChI=1S/C19H14FIN6O/c1-27-18(22-8-23-27)15-16(9-2-4-11(21)5-3-9)24-13-7-10(20)6-12-14(13)17(15)25-26-19(12)28/h2-8,15-16,24H,1H3,(H,26,28)/t15-,16-/m0/s1. The maximum Gasteiger partial charge on any atom is 0.272 e. The van der Waals surface area contributed by atoms with Crippen LogP contribution in [0.4, 0.5) is 10.1 Å². The maximum atomic E-state index is 14.2. The lowest BCUT2D eigenvalue weighted by atomic mass is 9.83. The van der Waals surface area contributed by atoms with Gasteiger partial charge < -0.3 is 5.32 Å². The second-order valence-electron chi connectivity index (χ2n) is 6.71. The monoisotopic (exact) mass is 488 g/mol. The molecule has 0 unspecified atom stereocenters. The first kappa shape index (κ1) is 17.3. The van der Waals surface area contributed by atoms with Crippen LogP contribution in [0.5, 0.6) is 0 Å². The molecule has 2 atom stereocenters. The van der Waals surface area contributed by atoms with Crippen LogP contribution >= 0.6 is 22.6 Å². The van der Waals surface area contributed by atoms with Crippen LogP contribution in [-0.4, -0.2) is 25.0 Å². The lowest BCUT2D eigenvalue weighted by Crippen LogP contribution is -2.30. The van der Waals surface area contributed by atoms with Gasteiger partial charge in [0.05, 0.1) is 23.0 Å². The fraction of sp³-hybridized carbons (Fsp3) is 0.158. The second kappa shape index (κ2) is 6.36. The molecule has 0 saturated carbocycles. The molecule has 0 radical (unpaired) electrons. The smallest absolute Gasteiger partial charge is 0.272 e. The van der Waals surface area contributed by atoms with Gasteiger partial charge in [0, 0.05) is 21.7 Å². The molecule has 0 fully saturated rings. The second-order valence-corrected chi connectivity index (χ2v) is 7.95. The van der Waals surface area contributed by atoms with Gasteiger partial charge in [0.1, 0.15) is 18.0 Å². The van der Waals surface area contributed by atoms with Gasteiger partial charge in [-0.2, -0.15) is 10.2 Å². The average Bonchev–Trinajstić information content (AvgIpc) is 3.10. The Kier molecular flexibility index (Phi) is 3.93. The van der Waals surface area contributed by atoms with Crippen LogP contribution in [0.3, 0.4) is 0 Å². The van der Waals surface area contributed by atoms with Crippen LogP contribution in [0.25, 0.3) is 10.8 Å². The van der Waals surface area contributed by atoms with Crippen LogP contribution < -0.4 is 10.9 Å². The number of halogens is 2. The van der Waals surface area contributed by atoms with Crippen molar-refractivity contribution in [2.75, 3.05) is 5.32 Å². The van der Waals surface area contributed by atoms with E-state index in [1.807, 2.05) is 31.3 Å². The number of aromatic amines is 1. The summed E-state index contributed by atoms with van der Waals surface area (Å²) in [5, 5.41) is 15.4. The van der Waals surface area contributed by atoms with Crippen molar-refractivity contribution in [3.8, 4) is 0 Å². The summed E-state index contributed by atoms with van der Waals surface area (Å²) in [5.74, 6) is -0.0899. The van der Waals surface area contributed by atoms with E-state index in [0.717, 1.165) is 9.13 Å². The van der Waals surface area contributed by atoms with E-state index in [4.69, 9.17) is 0 Å². The minimum atomic E-state index is -0.476. The van der Waals surface area contributed by atoms with Gasteiger partial charge in [0.25, 0.3) is 5.56 Å². The zero-order valence-corrected chi connectivity index (χ0v) is 16.8. The number of H-pyrrole nitrogens is 1. The van der Waals surface area contributed by atoms with Gasteiger partial charge in [-0.05, 0) is 52.4 Å². The molecule has 0 spiro atoms. The number of nitrogens with one attached hydrogen (secondary N) is 2. The summed E-state index contributed by atoms with van der Waals surface area (Å²) in [4.78, 5) is 16.7. The summed E-state index contributed by atoms with van der Waals surface area (Å²) in [6, 6.07) is 10.5. The molecule has 28 heavy (non-hydrogen) atoms. The summed E-state index contributed by atoms with van der Waals surface area (Å²) >= 11 is 2.25. The predicted octanol–water partition coefficient (Wildman–Crippen LogP) is 3.09. The molecule has 0 amide bonds. The van der Waals surface area contributed by atoms with Crippen molar-refractivity contribution in [3.05, 3.63) is 79.5 Å². The van der Waals surface area contributed by atoms with Gasteiger partial charge >= 0.3 is 0 Å². The van der Waals surface area contributed by atoms with E-state index >= 15 is 0 Å². The number of benzene rings is 2. The summed E-state index contributed by atoms with van der Waals surface area (Å²) < 4.78 is 17.0. The summed E-state index contributed by atoms with van der Waals surface area (Å²) in [6.45, 7) is 0. The Morgan fingerprint density at radius 2 is 2.00 bits per heavy atom. The predicted molar refractivity (Wildman–Crippen MR) is 111 cm³/mol. The Morgan fingerprint density at radius 3 is 2.71 bits per heavy atom. The normalized spacial score (nSPS) is 18.2. The summed E-state index contributed by atoms with van der Waals surface area (Å²) in [6.07, 6.45) is 1.49. The van der Waals surface area contributed by atoms with Gasteiger partial charge in [0.15, 0.2) is 0 Å². The molecule has 2 aromatic carbocycles. The van der Waals surface area contributed by atoms with Gasteiger partial charge in [-0.1, -0.05) is 12.1 Å². The van der Waals surface area contributed by atoms with Gasteiger partial charge in [-0.3, -0.25) is 9.48 Å². The van der Waals surface area contributed by atoms with E-state index in [9.17, 15) is 9.18 Å². The fourth-order valence-electron chi connectivity index (χ4n) is 3.84. The van der Waals surface area contributed by atoms with E-state index < -0.39 is 11.4 Å². The molecule has 1 aliphatic rings. The van der Waals surface area contributed by atoms with Crippen molar-refractivity contribution >= 4 is 39.1 Å². The van der Waals surface area contributed by atoms with Gasteiger partial charge in [-0.25, -0.2) is 14.5 Å². The molecule has 2 N–H and O–H groups in total. The fourth-order valence-corrected chi connectivity index (χ4v) is 4.20. The van der Waals surface area contributed by atoms with E-state index in [-0.39, 0.29) is 17.3 Å². The Morgan fingerprint density at radius 1 is 1.21 bits per heavy atom. The highest BCUT2D eigenvalue weighted by Crippen LogP contribution is 2.45. The molecule has 1 aliphatic heterocycles. The lowest BCUT2D eigenvalue weighted by Gasteiger charge is -2.33. The largest absolute Gasteiger partial charge is 0.376 e. The van der Waals surface area contributed by atoms with Crippen molar-refractivity contribution in [3.63, 3.8) is 0 Å². The minimum Gasteiger partial charge on any atom is -0.376 e. The third-order valence-electron chi connectivity index (χ3n) is 5.07. The van der Waals surface area contributed by atoms with Crippen molar-refractivity contribution in [2.24, 2.45) is 7.05 Å². The molecule has 0 saturated heterocycles. The molecular formula is C19H14FIN6O. The molecule has 7 nitrogen and oxygen atoms in total. The van der Waals surface area contributed by atoms with Crippen molar-refractivity contribution in [1.82, 2.24) is 25.0 Å². The number of anilines is 1. The Hall–Kier alpha value is -2.82. The van der Waals surface area contributed by atoms with Crippen LogP contribution in [0, 0.1) is 9.39 Å². The van der Waals surface area contributed by atoms with E-state index in [0.29, 0.717) is 22.6 Å². The Bertz CT molecular complexity index is 1270. The first-order valence-corrected chi connectivity index (χ1v) is 9.68. The Labute approximate surface area is 172 Å². The summed E-state index contributed by atoms with van der Waals surface area (Å²) in [5.41, 5.74) is 1.77. The topological polar surface area (TPSA) is 88.5 Å². The first-order valence-electron chi connectivity index (χ1n) is 8.60. The minimum absolute atomic E-state index is 0.254. The molecule has 2 aromatic heterocycles. The molecule has 5 rings (SSSR count). The number of nitrogens with zero attached hydrogens (tertiary/aromatic N) is 4. The molecule has 0 aliphatic carbocycles. The summed E-state index contributed by atoms with van der Waals surface area (Å²) in [7, 11) is 1.82. The van der Waals surface area contributed by atoms with Crippen molar-refractivity contribution in [2.45, 2.75) is 12.0 Å². The highest BCUT2D eigenvalue weighted by molar-refractivity contribution is 14.1. The van der Waals surface area contributed by atoms with Gasteiger partial charge in [-0.15, -0.1) is 0 Å². The zero-order chi connectivity index (χ0) is 19.4. The third kappa shape index (κ3) is 2.60. The quantitative estimate of drug-likeness (QED) is 0.424. The number of aromatic nitrogens is 5. The molecule has 0 bridgehead atoms.